The van der Waals surface area contributed by atoms with Crippen LogP contribution in [-0.2, 0) is 6.42 Å². The number of thiazole rings is 1. The maximum Gasteiger partial charge on any atom is 0.267 e. The molecular weight excluding hydrogens is 484 g/mol. The molecule has 0 unspecified atom stereocenters. The maximum absolute atomic E-state index is 12.9. The molecule has 190 valence electrons. The first-order valence-electron chi connectivity index (χ1n) is 12.4. The average molecular weight is 515 g/mol. The van der Waals surface area contributed by atoms with Gasteiger partial charge >= 0.3 is 0 Å². The molecular formula is C27H30N8OS. The first-order chi connectivity index (χ1) is 18.0. The van der Waals surface area contributed by atoms with Crippen molar-refractivity contribution < 1.29 is 4.79 Å². The van der Waals surface area contributed by atoms with E-state index in [1.54, 1.807) is 6.20 Å². The Kier molecular flexibility index (Phi) is 7.27. The van der Waals surface area contributed by atoms with Crippen molar-refractivity contribution in [2.24, 2.45) is 0 Å². The van der Waals surface area contributed by atoms with Gasteiger partial charge in [-0.15, -0.1) is 0 Å². The number of amides is 1. The van der Waals surface area contributed by atoms with E-state index in [0.29, 0.717) is 34.2 Å². The largest absolute Gasteiger partial charge is 0.368 e. The Morgan fingerprint density at radius 3 is 2.32 bits per heavy atom. The van der Waals surface area contributed by atoms with Crippen molar-refractivity contribution in [2.75, 3.05) is 46.6 Å². The molecule has 1 fully saturated rings. The molecule has 37 heavy (non-hydrogen) atoms. The lowest BCUT2D eigenvalue weighted by atomic mass is 10.1. The van der Waals surface area contributed by atoms with Crippen molar-refractivity contribution >= 4 is 45.6 Å². The smallest absolute Gasteiger partial charge is 0.267 e. The summed E-state index contributed by atoms with van der Waals surface area (Å²) in [5, 5.41) is 6.75. The number of aryl methyl sites for hydroxylation is 3. The Balaban J connectivity index is 1.27. The minimum atomic E-state index is -0.190. The normalized spacial score (nSPS) is 13.5. The van der Waals surface area contributed by atoms with Gasteiger partial charge in [0.05, 0.1) is 6.20 Å². The van der Waals surface area contributed by atoms with E-state index in [2.05, 4.69) is 64.6 Å². The molecule has 3 heterocycles. The zero-order valence-electron chi connectivity index (χ0n) is 21.2. The lowest BCUT2D eigenvalue weighted by Crippen LogP contribution is -2.47. The summed E-state index contributed by atoms with van der Waals surface area (Å²) in [4.78, 5) is 36.2. The summed E-state index contributed by atoms with van der Waals surface area (Å²) in [6, 6.07) is 16.4. The van der Waals surface area contributed by atoms with Gasteiger partial charge in [-0.05, 0) is 37.1 Å². The molecule has 2 N–H and O–H groups in total. The highest BCUT2D eigenvalue weighted by atomic mass is 32.1. The van der Waals surface area contributed by atoms with Gasteiger partial charge in [-0.1, -0.05) is 54.7 Å². The molecule has 2 aromatic heterocycles. The standard InChI is InChI=1S/C27H30N8OS/c1-4-22-29-25(32-26(30-22)35-15-13-34(14-16-35)20-11-6-5-7-12-20)33-27-28-17-21(37-27)24(36)31-23-18(2)9-8-10-19(23)3/h5-12,17H,4,13-16H2,1-3H3,(H,31,36)(H,28,29,30,32,33). The number of rotatable bonds is 7. The Morgan fingerprint density at radius 1 is 0.919 bits per heavy atom. The monoisotopic (exact) mass is 514 g/mol. The second kappa shape index (κ2) is 10.9. The number of nitrogens with zero attached hydrogens (tertiary/aromatic N) is 6. The van der Waals surface area contributed by atoms with Gasteiger partial charge in [0.25, 0.3) is 5.91 Å². The summed E-state index contributed by atoms with van der Waals surface area (Å²) in [5.41, 5.74) is 4.10. The molecule has 9 nitrogen and oxygen atoms in total. The van der Waals surface area contributed by atoms with E-state index in [-0.39, 0.29) is 5.91 Å². The van der Waals surface area contributed by atoms with E-state index in [9.17, 15) is 4.79 Å². The van der Waals surface area contributed by atoms with Gasteiger partial charge in [-0.2, -0.15) is 15.0 Å². The van der Waals surface area contributed by atoms with Crippen molar-refractivity contribution in [3.8, 4) is 0 Å². The molecule has 5 rings (SSSR count). The van der Waals surface area contributed by atoms with Crippen LogP contribution in [0.4, 0.5) is 28.4 Å². The number of nitrogens with one attached hydrogen (secondary N) is 2. The van der Waals surface area contributed by atoms with Crippen LogP contribution in [0.25, 0.3) is 0 Å². The molecule has 0 atom stereocenters. The molecule has 0 saturated carbocycles. The number of benzene rings is 2. The predicted octanol–water partition coefficient (Wildman–Crippen LogP) is 4.83. The molecule has 0 spiro atoms. The highest BCUT2D eigenvalue weighted by Gasteiger charge is 2.21. The third-order valence-corrected chi connectivity index (χ3v) is 7.25. The van der Waals surface area contributed by atoms with Crippen LogP contribution < -0.4 is 20.4 Å². The molecule has 1 aliphatic heterocycles. The van der Waals surface area contributed by atoms with Crippen molar-refractivity contribution in [1.29, 1.82) is 0 Å². The van der Waals surface area contributed by atoms with E-state index in [1.807, 2.05) is 45.0 Å². The highest BCUT2D eigenvalue weighted by Crippen LogP contribution is 2.25. The Morgan fingerprint density at radius 2 is 1.62 bits per heavy atom. The zero-order chi connectivity index (χ0) is 25.8. The fourth-order valence-electron chi connectivity index (χ4n) is 4.29. The number of para-hydroxylation sites is 2. The van der Waals surface area contributed by atoms with Crippen LogP contribution in [-0.4, -0.2) is 52.0 Å². The number of piperazine rings is 1. The fraction of sp³-hybridized carbons (Fsp3) is 0.296. The second-order valence-electron chi connectivity index (χ2n) is 8.91. The van der Waals surface area contributed by atoms with Crippen LogP contribution >= 0.6 is 11.3 Å². The molecule has 0 bridgehead atoms. The van der Waals surface area contributed by atoms with Crippen molar-refractivity contribution in [3.63, 3.8) is 0 Å². The highest BCUT2D eigenvalue weighted by molar-refractivity contribution is 7.17. The van der Waals surface area contributed by atoms with Crippen LogP contribution in [0.1, 0.15) is 33.5 Å². The molecule has 0 radical (unpaired) electrons. The van der Waals surface area contributed by atoms with Crippen LogP contribution in [0.15, 0.2) is 54.7 Å². The van der Waals surface area contributed by atoms with Crippen LogP contribution in [0.5, 0.6) is 0 Å². The van der Waals surface area contributed by atoms with E-state index < -0.39 is 0 Å². The van der Waals surface area contributed by atoms with Crippen molar-refractivity contribution in [1.82, 2.24) is 19.9 Å². The van der Waals surface area contributed by atoms with Crippen LogP contribution in [0, 0.1) is 13.8 Å². The third-order valence-electron chi connectivity index (χ3n) is 6.34. The topological polar surface area (TPSA) is 99.2 Å². The van der Waals surface area contributed by atoms with E-state index >= 15 is 0 Å². The fourth-order valence-corrected chi connectivity index (χ4v) is 4.99. The molecule has 1 aliphatic rings. The van der Waals surface area contributed by atoms with Crippen LogP contribution in [0.2, 0.25) is 0 Å². The molecule has 1 saturated heterocycles. The molecule has 1 amide bonds. The van der Waals surface area contributed by atoms with Gasteiger partial charge in [0.1, 0.15) is 10.7 Å². The molecule has 4 aromatic rings. The van der Waals surface area contributed by atoms with Gasteiger partial charge in [-0.3, -0.25) is 10.1 Å². The van der Waals surface area contributed by atoms with E-state index in [0.717, 1.165) is 43.0 Å². The summed E-state index contributed by atoms with van der Waals surface area (Å²) >= 11 is 1.26. The third kappa shape index (κ3) is 5.69. The van der Waals surface area contributed by atoms with Gasteiger partial charge in [-0.25, -0.2) is 4.98 Å². The lowest BCUT2D eigenvalue weighted by Gasteiger charge is -2.36. The average Bonchev–Trinajstić information content (AvgIpc) is 3.39. The summed E-state index contributed by atoms with van der Waals surface area (Å²) in [7, 11) is 0. The molecule has 0 aliphatic carbocycles. The van der Waals surface area contributed by atoms with Crippen molar-refractivity contribution in [3.05, 3.63) is 76.6 Å². The Labute approximate surface area is 220 Å². The minimum Gasteiger partial charge on any atom is -0.368 e. The first-order valence-corrected chi connectivity index (χ1v) is 13.2. The van der Waals surface area contributed by atoms with E-state index in [4.69, 9.17) is 0 Å². The summed E-state index contributed by atoms with van der Waals surface area (Å²) in [6.07, 6.45) is 2.26. The number of carbonyl (C=O) groups is 1. The summed E-state index contributed by atoms with van der Waals surface area (Å²) in [5.74, 6) is 1.61. The number of anilines is 5. The van der Waals surface area contributed by atoms with Gasteiger partial charge in [0.15, 0.2) is 5.13 Å². The number of hydrogen-bond donors (Lipinski definition) is 2. The lowest BCUT2D eigenvalue weighted by molar-refractivity contribution is 0.103. The van der Waals surface area contributed by atoms with Crippen molar-refractivity contribution in [2.45, 2.75) is 27.2 Å². The molecule has 10 heteroatoms. The van der Waals surface area contributed by atoms with Gasteiger partial charge in [0.2, 0.25) is 11.9 Å². The number of aromatic nitrogens is 4. The van der Waals surface area contributed by atoms with Gasteiger partial charge in [0, 0.05) is 44.0 Å². The second-order valence-corrected chi connectivity index (χ2v) is 9.94. The van der Waals surface area contributed by atoms with Crippen LogP contribution in [0.3, 0.4) is 0 Å². The van der Waals surface area contributed by atoms with E-state index in [1.165, 1.54) is 17.0 Å². The summed E-state index contributed by atoms with van der Waals surface area (Å²) in [6.45, 7) is 9.41. The number of carbonyl (C=O) groups excluding carboxylic acids is 1. The summed E-state index contributed by atoms with van der Waals surface area (Å²) < 4.78 is 0. The van der Waals surface area contributed by atoms with Gasteiger partial charge < -0.3 is 15.1 Å². The maximum atomic E-state index is 12.9. The Bertz CT molecular complexity index is 1360. The minimum absolute atomic E-state index is 0.190. The zero-order valence-corrected chi connectivity index (χ0v) is 22.0. The Hall–Kier alpha value is -4.05. The SMILES string of the molecule is CCc1nc(Nc2ncc(C(=O)Nc3c(C)cccc3C)s2)nc(N2CCN(c3ccccc3)CC2)n1. The number of hydrogen-bond acceptors (Lipinski definition) is 9. The molecule has 2 aromatic carbocycles. The first kappa shape index (κ1) is 24.6. The quantitative estimate of drug-likeness (QED) is 0.362. The predicted molar refractivity (Wildman–Crippen MR) is 149 cm³/mol.